The maximum Gasteiger partial charge on any atom is 0.143 e. The topological polar surface area (TPSA) is 21.3 Å². The van der Waals surface area contributed by atoms with Gasteiger partial charge in [0.15, 0.2) is 0 Å². The summed E-state index contributed by atoms with van der Waals surface area (Å²) in [5.74, 6) is 0.827. The first kappa shape index (κ1) is 15.2. The zero-order valence-electron chi connectivity index (χ0n) is 10.4. The molecule has 1 N–H and O–H groups in total. The summed E-state index contributed by atoms with van der Waals surface area (Å²) in [6.07, 6.45) is 0. The van der Waals surface area contributed by atoms with Crippen molar-refractivity contribution in [2.24, 2.45) is 0 Å². The van der Waals surface area contributed by atoms with E-state index in [1.165, 1.54) is 4.88 Å². The van der Waals surface area contributed by atoms with Gasteiger partial charge in [-0.1, -0.05) is 27.5 Å². The summed E-state index contributed by atoms with van der Waals surface area (Å²) >= 11 is 14.5. The van der Waals surface area contributed by atoms with Crippen molar-refractivity contribution >= 4 is 60.5 Å². The molecule has 0 amide bonds. The number of aryl methyl sites for hydroxylation is 1. The minimum atomic E-state index is 0.717. The first-order valence-electron chi connectivity index (χ1n) is 5.53. The Morgan fingerprint density at radius 3 is 2.63 bits per heavy atom. The average molecular weight is 426 g/mol. The van der Waals surface area contributed by atoms with E-state index in [0.29, 0.717) is 0 Å². The van der Waals surface area contributed by atoms with Crippen LogP contribution in [0, 0.1) is 6.92 Å². The lowest BCUT2D eigenvalue weighted by Gasteiger charge is -2.14. The third-order valence-electron chi connectivity index (χ3n) is 2.62. The van der Waals surface area contributed by atoms with E-state index in [-0.39, 0.29) is 0 Å². The zero-order valence-corrected chi connectivity index (χ0v) is 15.1. The van der Waals surface area contributed by atoms with Gasteiger partial charge in [-0.25, -0.2) is 0 Å². The highest BCUT2D eigenvalue weighted by Gasteiger charge is 2.09. The van der Waals surface area contributed by atoms with E-state index >= 15 is 0 Å². The maximum atomic E-state index is 6.03. The normalized spacial score (nSPS) is 10.6. The smallest absolute Gasteiger partial charge is 0.143 e. The highest BCUT2D eigenvalue weighted by Crippen LogP contribution is 2.35. The zero-order chi connectivity index (χ0) is 14.0. The lowest BCUT2D eigenvalue weighted by atomic mass is 10.2. The summed E-state index contributed by atoms with van der Waals surface area (Å²) in [4.78, 5) is 1.17. The molecule has 2 nitrogen and oxygen atoms in total. The number of ether oxygens (including phenoxy) is 1. The SMILES string of the molecule is COc1cc(Br)cc(C)c1NCc1cc(Br)c(Cl)s1. The van der Waals surface area contributed by atoms with E-state index < -0.39 is 0 Å². The van der Waals surface area contributed by atoms with Crippen molar-refractivity contribution in [2.45, 2.75) is 13.5 Å². The van der Waals surface area contributed by atoms with E-state index in [4.69, 9.17) is 16.3 Å². The van der Waals surface area contributed by atoms with Crippen LogP contribution in [0.1, 0.15) is 10.4 Å². The first-order chi connectivity index (χ1) is 9.01. The minimum absolute atomic E-state index is 0.717. The predicted octanol–water partition coefficient (Wildman–Crippen LogP) is 5.86. The molecule has 0 unspecified atom stereocenters. The number of thiophene rings is 1. The number of benzene rings is 1. The van der Waals surface area contributed by atoms with Gasteiger partial charge in [0.1, 0.15) is 10.1 Å². The van der Waals surface area contributed by atoms with Crippen molar-refractivity contribution in [1.82, 2.24) is 0 Å². The highest BCUT2D eigenvalue weighted by atomic mass is 79.9. The Balaban J connectivity index is 2.19. The number of rotatable bonds is 4. The standard InChI is InChI=1S/C13H12Br2ClNOS/c1-7-3-8(14)4-11(18-2)12(7)17-6-9-5-10(15)13(16)19-9/h3-5,17H,6H2,1-2H3. The van der Waals surface area contributed by atoms with Crippen LogP contribution in [0.4, 0.5) is 5.69 Å². The van der Waals surface area contributed by atoms with Crippen LogP contribution in [0.25, 0.3) is 0 Å². The van der Waals surface area contributed by atoms with Crippen molar-refractivity contribution in [1.29, 1.82) is 0 Å². The van der Waals surface area contributed by atoms with E-state index in [2.05, 4.69) is 43.2 Å². The molecule has 0 atom stereocenters. The summed E-state index contributed by atoms with van der Waals surface area (Å²) in [6.45, 7) is 2.77. The van der Waals surface area contributed by atoms with Gasteiger partial charge < -0.3 is 10.1 Å². The second-order valence-electron chi connectivity index (χ2n) is 3.99. The molecule has 1 aromatic carbocycles. The van der Waals surface area contributed by atoms with Gasteiger partial charge in [-0.05, 0) is 46.6 Å². The number of nitrogens with one attached hydrogen (secondary N) is 1. The van der Waals surface area contributed by atoms with Crippen molar-refractivity contribution in [3.8, 4) is 5.75 Å². The van der Waals surface area contributed by atoms with Gasteiger partial charge in [0.2, 0.25) is 0 Å². The lowest BCUT2D eigenvalue weighted by Crippen LogP contribution is -2.02. The average Bonchev–Trinajstić information content (AvgIpc) is 2.66. The van der Waals surface area contributed by atoms with E-state index in [0.717, 1.165) is 36.8 Å². The summed E-state index contributed by atoms with van der Waals surface area (Å²) < 4.78 is 8.12. The fraction of sp³-hybridized carbons (Fsp3) is 0.231. The molecule has 102 valence electrons. The Kier molecular flexibility index (Phi) is 5.17. The number of anilines is 1. The summed E-state index contributed by atoms with van der Waals surface area (Å²) in [6, 6.07) is 6.04. The van der Waals surface area contributed by atoms with Crippen LogP contribution in [-0.2, 0) is 6.54 Å². The molecule has 6 heteroatoms. The number of hydrogen-bond acceptors (Lipinski definition) is 3. The quantitative estimate of drug-likeness (QED) is 0.663. The Bertz CT molecular complexity index is 581. The molecule has 2 aromatic rings. The van der Waals surface area contributed by atoms with Gasteiger partial charge in [-0.2, -0.15) is 0 Å². The molecule has 0 saturated heterocycles. The van der Waals surface area contributed by atoms with Gasteiger partial charge in [0, 0.05) is 20.4 Å². The molecule has 0 radical (unpaired) electrons. The molecule has 19 heavy (non-hydrogen) atoms. The molecule has 1 heterocycles. The fourth-order valence-electron chi connectivity index (χ4n) is 1.75. The van der Waals surface area contributed by atoms with Gasteiger partial charge in [-0.3, -0.25) is 0 Å². The van der Waals surface area contributed by atoms with Crippen LogP contribution in [0.3, 0.4) is 0 Å². The van der Waals surface area contributed by atoms with Crippen LogP contribution in [0.2, 0.25) is 4.34 Å². The molecule has 0 spiro atoms. The Morgan fingerprint density at radius 1 is 1.32 bits per heavy atom. The molecule has 0 aliphatic rings. The van der Waals surface area contributed by atoms with Crippen LogP contribution in [-0.4, -0.2) is 7.11 Å². The van der Waals surface area contributed by atoms with Crippen molar-refractivity contribution in [2.75, 3.05) is 12.4 Å². The third kappa shape index (κ3) is 3.66. The van der Waals surface area contributed by atoms with Crippen LogP contribution >= 0.6 is 54.8 Å². The molecule has 0 aliphatic heterocycles. The fourth-order valence-corrected chi connectivity index (χ4v) is 4.04. The molecular formula is C13H12Br2ClNOS. The third-order valence-corrected chi connectivity index (χ3v) is 5.55. The number of methoxy groups -OCH3 is 1. The monoisotopic (exact) mass is 423 g/mol. The van der Waals surface area contributed by atoms with Crippen LogP contribution in [0.15, 0.2) is 27.1 Å². The molecule has 0 saturated carbocycles. The molecule has 1 aromatic heterocycles. The summed E-state index contributed by atoms with van der Waals surface area (Å²) in [5, 5.41) is 3.40. The molecule has 2 rings (SSSR count). The van der Waals surface area contributed by atoms with Gasteiger partial charge in [0.25, 0.3) is 0 Å². The first-order valence-corrected chi connectivity index (χ1v) is 8.31. The number of hydrogen-bond donors (Lipinski definition) is 1. The van der Waals surface area contributed by atoms with Crippen LogP contribution < -0.4 is 10.1 Å². The summed E-state index contributed by atoms with van der Waals surface area (Å²) in [7, 11) is 1.67. The predicted molar refractivity (Wildman–Crippen MR) is 89.8 cm³/mol. The van der Waals surface area contributed by atoms with E-state index in [1.54, 1.807) is 18.4 Å². The van der Waals surface area contributed by atoms with E-state index in [1.807, 2.05) is 19.1 Å². The Hall–Kier alpha value is -0.230. The van der Waals surface area contributed by atoms with Crippen LogP contribution in [0.5, 0.6) is 5.75 Å². The van der Waals surface area contributed by atoms with Gasteiger partial charge >= 0.3 is 0 Å². The second kappa shape index (κ2) is 6.48. The lowest BCUT2D eigenvalue weighted by molar-refractivity contribution is 0.416. The molecular weight excluding hydrogens is 413 g/mol. The maximum absolute atomic E-state index is 6.03. The second-order valence-corrected chi connectivity index (χ2v) is 7.50. The molecule has 0 fully saturated rings. The van der Waals surface area contributed by atoms with Crippen molar-refractivity contribution in [3.63, 3.8) is 0 Å². The van der Waals surface area contributed by atoms with E-state index in [9.17, 15) is 0 Å². The molecule has 0 bridgehead atoms. The Morgan fingerprint density at radius 2 is 2.05 bits per heavy atom. The molecule has 0 aliphatic carbocycles. The largest absolute Gasteiger partial charge is 0.495 e. The van der Waals surface area contributed by atoms with Gasteiger partial charge in [0.05, 0.1) is 12.8 Å². The highest BCUT2D eigenvalue weighted by molar-refractivity contribution is 9.10. The van der Waals surface area contributed by atoms with Crippen molar-refractivity contribution < 1.29 is 4.74 Å². The Labute approximate surface area is 138 Å². The summed E-state index contributed by atoms with van der Waals surface area (Å²) in [5.41, 5.74) is 2.14. The van der Waals surface area contributed by atoms with Gasteiger partial charge in [-0.15, -0.1) is 11.3 Å². The minimum Gasteiger partial charge on any atom is -0.495 e. The number of halogens is 3. The van der Waals surface area contributed by atoms with Crippen molar-refractivity contribution in [3.05, 3.63) is 41.9 Å².